The van der Waals surface area contributed by atoms with E-state index in [1.54, 1.807) is 0 Å². The lowest BCUT2D eigenvalue weighted by Gasteiger charge is -2.41. The van der Waals surface area contributed by atoms with Gasteiger partial charge in [-0.25, -0.2) is 0 Å². The lowest BCUT2D eigenvalue weighted by molar-refractivity contribution is -0.149. The maximum Gasteiger partial charge on any atom is 0.132 e. The molecule has 0 heterocycles. The Labute approximate surface area is 195 Å². The molecule has 3 rings (SSSR count). The van der Waals surface area contributed by atoms with E-state index < -0.39 is 23.9 Å². The predicted octanol–water partition coefficient (Wildman–Crippen LogP) is 3.90. The first-order valence-electron chi connectivity index (χ1n) is 10.8. The van der Waals surface area contributed by atoms with E-state index in [1.807, 2.05) is 91.0 Å². The van der Waals surface area contributed by atoms with E-state index in [0.29, 0.717) is 11.3 Å². The highest BCUT2D eigenvalue weighted by atomic mass is 32.1. The van der Waals surface area contributed by atoms with E-state index in [0.717, 1.165) is 16.7 Å². The Morgan fingerprint density at radius 1 is 0.781 bits per heavy atom. The molecule has 32 heavy (non-hydrogen) atoms. The van der Waals surface area contributed by atoms with Gasteiger partial charge in [0.15, 0.2) is 0 Å². The van der Waals surface area contributed by atoms with E-state index >= 15 is 0 Å². The second kappa shape index (κ2) is 11.5. The standard InChI is InChI=1S/C27H30O4S/c1-20(28)25(29)26(30)27(18-22-13-7-3-8-14-22,31-19-23-15-9-4-10-16-23)24(32)17-21-11-5-2-6-12-21/h2-16,20,25-26,28-30H,17-19H2,1H3/t20-,25+,26+,27+/m1/s1. The molecule has 0 saturated heterocycles. The van der Waals surface area contributed by atoms with Crippen molar-refractivity contribution in [3.8, 4) is 0 Å². The molecular formula is C27H30O4S. The van der Waals surface area contributed by atoms with Gasteiger partial charge in [-0.1, -0.05) is 103 Å². The zero-order valence-electron chi connectivity index (χ0n) is 18.2. The summed E-state index contributed by atoms with van der Waals surface area (Å²) in [5, 5.41) is 32.1. The maximum atomic E-state index is 11.4. The van der Waals surface area contributed by atoms with Crippen molar-refractivity contribution in [1.29, 1.82) is 0 Å². The number of hydrogen-bond acceptors (Lipinski definition) is 5. The van der Waals surface area contributed by atoms with Crippen molar-refractivity contribution in [2.24, 2.45) is 0 Å². The van der Waals surface area contributed by atoms with Gasteiger partial charge in [-0.3, -0.25) is 0 Å². The summed E-state index contributed by atoms with van der Waals surface area (Å²) >= 11 is 5.89. The Balaban J connectivity index is 2.02. The summed E-state index contributed by atoms with van der Waals surface area (Å²) in [6.07, 6.45) is -3.36. The van der Waals surface area contributed by atoms with E-state index in [9.17, 15) is 15.3 Å². The molecule has 5 heteroatoms. The molecule has 0 radical (unpaired) electrons. The quantitative estimate of drug-likeness (QED) is 0.387. The third kappa shape index (κ3) is 6.09. The van der Waals surface area contributed by atoms with E-state index in [1.165, 1.54) is 6.92 Å². The van der Waals surface area contributed by atoms with E-state index in [2.05, 4.69) is 0 Å². The molecule has 0 spiro atoms. The van der Waals surface area contributed by atoms with Gasteiger partial charge >= 0.3 is 0 Å². The Hall–Kier alpha value is -2.41. The molecule has 0 bridgehead atoms. The molecule has 0 aliphatic heterocycles. The van der Waals surface area contributed by atoms with Crippen LogP contribution in [-0.4, -0.2) is 44.1 Å². The van der Waals surface area contributed by atoms with Gasteiger partial charge in [-0.2, -0.15) is 0 Å². The molecule has 0 aromatic heterocycles. The van der Waals surface area contributed by atoms with Crippen molar-refractivity contribution in [3.63, 3.8) is 0 Å². The Morgan fingerprint density at radius 2 is 1.25 bits per heavy atom. The maximum absolute atomic E-state index is 11.4. The van der Waals surface area contributed by atoms with Crippen LogP contribution in [-0.2, 0) is 24.2 Å². The average molecular weight is 451 g/mol. The van der Waals surface area contributed by atoms with E-state index in [-0.39, 0.29) is 13.0 Å². The third-order valence-electron chi connectivity index (χ3n) is 5.62. The molecule has 0 fully saturated rings. The topological polar surface area (TPSA) is 69.9 Å². The van der Waals surface area contributed by atoms with E-state index in [4.69, 9.17) is 17.0 Å². The molecule has 3 N–H and O–H groups in total. The fraction of sp³-hybridized carbons (Fsp3) is 0.296. The zero-order chi connectivity index (χ0) is 23.0. The molecule has 0 aliphatic rings. The first-order chi connectivity index (χ1) is 15.4. The smallest absolute Gasteiger partial charge is 0.132 e. The SMILES string of the molecule is C[C@@H](O)[C@H](O)[C@H](O)[C@@](Cc1ccccc1)(OCc1ccccc1)C(=S)Cc1ccccc1. The number of ether oxygens (including phenoxy) is 1. The third-order valence-corrected chi connectivity index (χ3v) is 6.11. The second-order valence-electron chi connectivity index (χ2n) is 8.09. The minimum Gasteiger partial charge on any atom is -0.391 e. The minimum atomic E-state index is -1.43. The molecule has 0 unspecified atom stereocenters. The fourth-order valence-corrected chi connectivity index (χ4v) is 4.16. The van der Waals surface area contributed by atoms with Crippen LogP contribution in [0.2, 0.25) is 0 Å². The first-order valence-corrected chi connectivity index (χ1v) is 11.2. The highest BCUT2D eigenvalue weighted by Gasteiger charge is 2.47. The summed E-state index contributed by atoms with van der Waals surface area (Å²) < 4.78 is 6.42. The molecule has 4 atom stereocenters. The van der Waals surface area contributed by atoms with Crippen molar-refractivity contribution in [1.82, 2.24) is 0 Å². The first kappa shape index (κ1) is 24.2. The van der Waals surface area contributed by atoms with Gasteiger partial charge in [0, 0.05) is 17.7 Å². The molecule has 0 aliphatic carbocycles. The van der Waals surface area contributed by atoms with Crippen LogP contribution >= 0.6 is 12.2 Å². The van der Waals surface area contributed by atoms with Crippen molar-refractivity contribution in [2.45, 2.75) is 50.3 Å². The second-order valence-corrected chi connectivity index (χ2v) is 8.58. The van der Waals surface area contributed by atoms with Crippen LogP contribution in [0.3, 0.4) is 0 Å². The van der Waals surface area contributed by atoms with Crippen LogP contribution < -0.4 is 0 Å². The predicted molar refractivity (Wildman–Crippen MR) is 131 cm³/mol. The minimum absolute atomic E-state index is 0.201. The highest BCUT2D eigenvalue weighted by molar-refractivity contribution is 7.80. The van der Waals surface area contributed by atoms with Crippen LogP contribution in [0, 0.1) is 0 Å². The lowest BCUT2D eigenvalue weighted by atomic mass is 9.80. The summed E-state index contributed by atoms with van der Waals surface area (Å²) in [5.74, 6) is 0. The van der Waals surface area contributed by atoms with Crippen molar-refractivity contribution in [3.05, 3.63) is 108 Å². The van der Waals surface area contributed by atoms with Crippen LogP contribution in [0.5, 0.6) is 0 Å². The molecular weight excluding hydrogens is 420 g/mol. The number of thiocarbonyl (C=S) groups is 1. The van der Waals surface area contributed by atoms with Crippen molar-refractivity contribution in [2.75, 3.05) is 0 Å². The largest absolute Gasteiger partial charge is 0.391 e. The molecule has 4 nitrogen and oxygen atoms in total. The zero-order valence-corrected chi connectivity index (χ0v) is 19.0. The molecule has 3 aromatic carbocycles. The van der Waals surface area contributed by atoms with Crippen molar-refractivity contribution < 1.29 is 20.1 Å². The normalized spacial score (nSPS) is 16.0. The van der Waals surface area contributed by atoms with Crippen LogP contribution in [0.4, 0.5) is 0 Å². The Bertz CT molecular complexity index is 963. The summed E-state index contributed by atoms with van der Waals surface area (Å²) in [6, 6.07) is 29.0. The van der Waals surface area contributed by atoms with Gasteiger partial charge in [0.2, 0.25) is 0 Å². The van der Waals surface area contributed by atoms with Crippen LogP contribution in [0.25, 0.3) is 0 Å². The monoisotopic (exact) mass is 450 g/mol. The summed E-state index contributed by atoms with van der Waals surface area (Å²) in [6.45, 7) is 1.64. The van der Waals surface area contributed by atoms with Crippen LogP contribution in [0.15, 0.2) is 91.0 Å². The molecule has 0 saturated carbocycles. The van der Waals surface area contributed by atoms with Gasteiger partial charge in [0.05, 0.1) is 12.7 Å². The summed E-state index contributed by atoms with van der Waals surface area (Å²) in [7, 11) is 0. The van der Waals surface area contributed by atoms with Gasteiger partial charge < -0.3 is 20.1 Å². The number of hydrogen-bond donors (Lipinski definition) is 3. The molecule has 0 amide bonds. The Morgan fingerprint density at radius 3 is 1.75 bits per heavy atom. The highest BCUT2D eigenvalue weighted by Crippen LogP contribution is 2.31. The average Bonchev–Trinajstić information content (AvgIpc) is 2.82. The van der Waals surface area contributed by atoms with Crippen LogP contribution in [0.1, 0.15) is 23.6 Å². The molecule has 168 valence electrons. The Kier molecular flexibility index (Phi) is 8.67. The number of aliphatic hydroxyl groups is 3. The fourth-order valence-electron chi connectivity index (χ4n) is 3.74. The van der Waals surface area contributed by atoms with Crippen molar-refractivity contribution >= 4 is 17.1 Å². The number of aliphatic hydroxyl groups excluding tert-OH is 3. The van der Waals surface area contributed by atoms with Gasteiger partial charge in [-0.15, -0.1) is 0 Å². The van der Waals surface area contributed by atoms with Gasteiger partial charge in [0.25, 0.3) is 0 Å². The lowest BCUT2D eigenvalue weighted by Crippen LogP contribution is -2.59. The molecule has 3 aromatic rings. The summed E-state index contributed by atoms with van der Waals surface area (Å²) in [5.41, 5.74) is 1.43. The van der Waals surface area contributed by atoms with Gasteiger partial charge in [-0.05, 0) is 23.6 Å². The number of benzene rings is 3. The van der Waals surface area contributed by atoms with Gasteiger partial charge in [0.1, 0.15) is 17.8 Å². The number of rotatable bonds is 11. The summed E-state index contributed by atoms with van der Waals surface area (Å²) in [4.78, 5) is 0.468.